The zero-order valence-corrected chi connectivity index (χ0v) is 19.3. The van der Waals surface area contributed by atoms with Gasteiger partial charge in [0.15, 0.2) is 0 Å². The second kappa shape index (κ2) is 8.96. The quantitative estimate of drug-likeness (QED) is 0.627. The van der Waals surface area contributed by atoms with Gasteiger partial charge >= 0.3 is 0 Å². The summed E-state index contributed by atoms with van der Waals surface area (Å²) >= 11 is 0. The van der Waals surface area contributed by atoms with E-state index in [0.29, 0.717) is 30.3 Å². The van der Waals surface area contributed by atoms with Gasteiger partial charge in [-0.1, -0.05) is 31.4 Å². The Labute approximate surface area is 194 Å². The summed E-state index contributed by atoms with van der Waals surface area (Å²) in [5, 5.41) is 0. The predicted octanol–water partition coefficient (Wildman–Crippen LogP) is 2.52. The van der Waals surface area contributed by atoms with Gasteiger partial charge in [0.05, 0.1) is 17.0 Å². The molecular formula is C24H28N4O4S. The number of imide groups is 1. The molecule has 2 aromatic rings. The zero-order chi connectivity index (χ0) is 23.0. The van der Waals surface area contributed by atoms with E-state index >= 15 is 0 Å². The molecule has 9 heteroatoms. The minimum atomic E-state index is -3.58. The largest absolute Gasteiger partial charge is 0.298 e. The number of carbonyl (C=O) groups is 2. The zero-order valence-electron chi connectivity index (χ0n) is 18.5. The van der Waals surface area contributed by atoms with Crippen molar-refractivity contribution < 1.29 is 18.0 Å². The van der Waals surface area contributed by atoms with Crippen LogP contribution in [0.4, 0.5) is 0 Å². The third-order valence-corrected chi connectivity index (χ3v) is 8.91. The highest BCUT2D eigenvalue weighted by Crippen LogP contribution is 2.26. The molecule has 3 aliphatic rings. The Morgan fingerprint density at radius 2 is 1.58 bits per heavy atom. The molecular weight excluding hydrogens is 440 g/mol. The summed E-state index contributed by atoms with van der Waals surface area (Å²) in [6.45, 7) is 2.63. The molecule has 33 heavy (non-hydrogen) atoms. The molecule has 174 valence electrons. The van der Waals surface area contributed by atoms with Crippen molar-refractivity contribution in [3.05, 3.63) is 59.4 Å². The van der Waals surface area contributed by atoms with Crippen LogP contribution in [0.3, 0.4) is 0 Å². The standard InChI is InChI=1S/C24H28N4O4S/c29-23-21-7-4-12-25-22(21)24(30)28(23)17-18-8-10-20(11-9-18)33(31,32)27-15-13-26(14-16-27)19-5-2-1-3-6-19/h4,7-12,19H,1-3,5-6,13-17H2. The average Bonchev–Trinajstić information content (AvgIpc) is 3.10. The van der Waals surface area contributed by atoms with Gasteiger partial charge in [-0.3, -0.25) is 24.4 Å². The lowest BCUT2D eigenvalue weighted by molar-refractivity contribution is 0.0640. The summed E-state index contributed by atoms with van der Waals surface area (Å²) in [5.41, 5.74) is 1.15. The third kappa shape index (κ3) is 4.20. The maximum atomic E-state index is 13.2. The maximum Gasteiger partial charge on any atom is 0.280 e. The van der Waals surface area contributed by atoms with Gasteiger partial charge in [0.1, 0.15) is 5.69 Å². The number of fused-ring (bicyclic) bond motifs is 1. The van der Waals surface area contributed by atoms with Crippen LogP contribution >= 0.6 is 0 Å². The van der Waals surface area contributed by atoms with Crippen molar-refractivity contribution in [1.82, 2.24) is 19.1 Å². The third-order valence-electron chi connectivity index (χ3n) is 7.00. The number of pyridine rings is 1. The number of hydrogen-bond donors (Lipinski definition) is 0. The topological polar surface area (TPSA) is 90.9 Å². The van der Waals surface area contributed by atoms with Gasteiger partial charge in [-0.05, 0) is 42.7 Å². The monoisotopic (exact) mass is 468 g/mol. The van der Waals surface area contributed by atoms with Crippen LogP contribution < -0.4 is 0 Å². The summed E-state index contributed by atoms with van der Waals surface area (Å²) in [6.07, 6.45) is 7.78. The summed E-state index contributed by atoms with van der Waals surface area (Å²) in [5.74, 6) is -0.807. The van der Waals surface area contributed by atoms with E-state index in [2.05, 4.69) is 9.88 Å². The lowest BCUT2D eigenvalue weighted by atomic mass is 9.94. The molecule has 1 aromatic heterocycles. The Hall–Kier alpha value is -2.62. The van der Waals surface area contributed by atoms with E-state index < -0.39 is 15.9 Å². The minimum Gasteiger partial charge on any atom is -0.298 e. The van der Waals surface area contributed by atoms with Gasteiger partial charge in [-0.15, -0.1) is 0 Å². The van der Waals surface area contributed by atoms with E-state index in [0.717, 1.165) is 18.0 Å². The SMILES string of the molecule is O=C1c2cccnc2C(=O)N1Cc1ccc(S(=O)(=O)N2CCN(C3CCCCC3)CC2)cc1. The number of amides is 2. The lowest BCUT2D eigenvalue weighted by Gasteiger charge is -2.40. The van der Waals surface area contributed by atoms with Crippen LogP contribution in [0.2, 0.25) is 0 Å². The molecule has 1 saturated carbocycles. The highest BCUT2D eigenvalue weighted by Gasteiger charge is 2.37. The summed E-state index contributed by atoms with van der Waals surface area (Å²) in [4.78, 5) is 32.9. The molecule has 1 saturated heterocycles. The highest BCUT2D eigenvalue weighted by atomic mass is 32.2. The van der Waals surface area contributed by atoms with E-state index in [1.807, 2.05) is 0 Å². The fourth-order valence-electron chi connectivity index (χ4n) is 5.11. The maximum absolute atomic E-state index is 13.2. The molecule has 0 spiro atoms. The Morgan fingerprint density at radius 1 is 0.879 bits per heavy atom. The smallest absolute Gasteiger partial charge is 0.280 e. The first kappa shape index (κ1) is 22.2. The van der Waals surface area contributed by atoms with Crippen molar-refractivity contribution in [2.24, 2.45) is 0 Å². The second-order valence-corrected chi connectivity index (χ2v) is 10.9. The predicted molar refractivity (Wildman–Crippen MR) is 122 cm³/mol. The van der Waals surface area contributed by atoms with Crippen molar-refractivity contribution in [2.45, 2.75) is 49.6 Å². The fraction of sp³-hybridized carbons (Fsp3) is 0.458. The van der Waals surface area contributed by atoms with Crippen molar-refractivity contribution in [3.63, 3.8) is 0 Å². The van der Waals surface area contributed by atoms with Gasteiger partial charge in [0.25, 0.3) is 11.8 Å². The Balaban J connectivity index is 1.23. The van der Waals surface area contributed by atoms with Crippen molar-refractivity contribution >= 4 is 21.8 Å². The minimum absolute atomic E-state index is 0.0778. The van der Waals surface area contributed by atoms with E-state index in [1.54, 1.807) is 40.7 Å². The van der Waals surface area contributed by atoms with Crippen molar-refractivity contribution in [2.75, 3.05) is 26.2 Å². The average molecular weight is 469 g/mol. The first-order valence-corrected chi connectivity index (χ1v) is 13.0. The molecule has 1 aromatic carbocycles. The first-order chi connectivity index (χ1) is 15.9. The molecule has 0 atom stereocenters. The molecule has 3 heterocycles. The highest BCUT2D eigenvalue weighted by molar-refractivity contribution is 7.89. The van der Waals surface area contributed by atoms with Gasteiger partial charge < -0.3 is 0 Å². The van der Waals surface area contributed by atoms with Crippen molar-refractivity contribution in [3.8, 4) is 0 Å². The Kier molecular flexibility index (Phi) is 6.03. The number of aromatic nitrogens is 1. The molecule has 0 bridgehead atoms. The van der Waals surface area contributed by atoms with Gasteiger partial charge in [-0.25, -0.2) is 8.42 Å². The first-order valence-electron chi connectivity index (χ1n) is 11.6. The molecule has 1 aliphatic carbocycles. The van der Waals surface area contributed by atoms with Crippen molar-refractivity contribution in [1.29, 1.82) is 0 Å². The van der Waals surface area contributed by atoms with Crippen LogP contribution in [0.25, 0.3) is 0 Å². The fourth-order valence-corrected chi connectivity index (χ4v) is 6.53. The second-order valence-electron chi connectivity index (χ2n) is 8.97. The Bertz CT molecular complexity index is 1120. The molecule has 0 radical (unpaired) electrons. The number of piperazine rings is 1. The van der Waals surface area contributed by atoms with Crippen LogP contribution in [0.5, 0.6) is 0 Å². The lowest BCUT2D eigenvalue weighted by Crippen LogP contribution is -2.52. The van der Waals surface area contributed by atoms with Crippen LogP contribution in [-0.4, -0.2) is 71.5 Å². The molecule has 8 nitrogen and oxygen atoms in total. The number of nitrogens with zero attached hydrogens (tertiary/aromatic N) is 4. The molecule has 2 fully saturated rings. The van der Waals surface area contributed by atoms with E-state index in [9.17, 15) is 18.0 Å². The summed E-state index contributed by atoms with van der Waals surface area (Å²) < 4.78 is 27.9. The molecule has 2 aliphatic heterocycles. The van der Waals surface area contributed by atoms with Gasteiger partial charge in [-0.2, -0.15) is 4.31 Å². The summed E-state index contributed by atoms with van der Waals surface area (Å²) in [7, 11) is -3.58. The molecule has 5 rings (SSSR count). The van der Waals surface area contributed by atoms with E-state index in [4.69, 9.17) is 0 Å². The number of sulfonamides is 1. The number of rotatable bonds is 5. The molecule has 2 amide bonds. The summed E-state index contributed by atoms with van der Waals surface area (Å²) in [6, 6.07) is 10.3. The normalized spacial score (nSPS) is 20.9. The van der Waals surface area contributed by atoms with E-state index in [-0.39, 0.29) is 23.0 Å². The Morgan fingerprint density at radius 3 is 2.24 bits per heavy atom. The van der Waals surface area contributed by atoms with Crippen LogP contribution in [0, 0.1) is 0 Å². The molecule has 0 N–H and O–H groups in total. The number of hydrogen-bond acceptors (Lipinski definition) is 6. The van der Waals surface area contributed by atoms with Gasteiger partial charge in [0.2, 0.25) is 10.0 Å². The number of carbonyl (C=O) groups excluding carboxylic acids is 2. The van der Waals surface area contributed by atoms with Crippen LogP contribution in [0.15, 0.2) is 47.5 Å². The van der Waals surface area contributed by atoms with E-state index in [1.165, 1.54) is 38.3 Å². The van der Waals surface area contributed by atoms with Crippen LogP contribution in [-0.2, 0) is 16.6 Å². The van der Waals surface area contributed by atoms with Crippen LogP contribution in [0.1, 0.15) is 58.5 Å². The number of benzene rings is 1. The molecule has 0 unspecified atom stereocenters. The van der Waals surface area contributed by atoms with Gasteiger partial charge in [0, 0.05) is 38.4 Å².